The van der Waals surface area contributed by atoms with Gasteiger partial charge in [0.25, 0.3) is 0 Å². The average Bonchev–Trinajstić information content (AvgIpc) is 2.37. The van der Waals surface area contributed by atoms with Gasteiger partial charge in [-0.05, 0) is 37.5 Å². The number of ether oxygens (including phenoxy) is 1. The van der Waals surface area contributed by atoms with Crippen LogP contribution < -0.4 is 10.5 Å². The largest absolute Gasteiger partial charge is 0.456 e. The summed E-state index contributed by atoms with van der Waals surface area (Å²) in [5, 5.41) is 0. The van der Waals surface area contributed by atoms with Gasteiger partial charge < -0.3 is 10.5 Å². The lowest BCUT2D eigenvalue weighted by atomic mass is 10.0. The van der Waals surface area contributed by atoms with Crippen LogP contribution in [0.25, 0.3) is 0 Å². The number of nitrogens with zero attached hydrogens (tertiary/aromatic N) is 2. The molecular formula is C14H16FN3O. The molecule has 0 aliphatic carbocycles. The molecule has 0 saturated carbocycles. The summed E-state index contributed by atoms with van der Waals surface area (Å²) in [6.07, 6.45) is 0.772. The van der Waals surface area contributed by atoms with Gasteiger partial charge in [-0.3, -0.25) is 0 Å². The summed E-state index contributed by atoms with van der Waals surface area (Å²) in [4.78, 5) is 7.50. The maximum absolute atomic E-state index is 13.0. The molecule has 1 heterocycles. The molecule has 1 unspecified atom stereocenters. The number of hydrogen-bond donors (Lipinski definition) is 1. The highest BCUT2D eigenvalue weighted by Crippen LogP contribution is 2.21. The first kappa shape index (κ1) is 13.3. The fourth-order valence-electron chi connectivity index (χ4n) is 1.66. The maximum atomic E-state index is 13.0. The van der Waals surface area contributed by atoms with Crippen LogP contribution in [0.3, 0.4) is 0 Å². The van der Waals surface area contributed by atoms with E-state index in [1.807, 2.05) is 32.0 Å². The predicted octanol–water partition coefficient (Wildman–Crippen LogP) is 2.95. The first-order valence-corrected chi connectivity index (χ1v) is 5.99. The second-order valence-corrected chi connectivity index (χ2v) is 4.49. The summed E-state index contributed by atoms with van der Waals surface area (Å²) < 4.78 is 18.5. The van der Waals surface area contributed by atoms with Crippen molar-refractivity contribution < 1.29 is 9.13 Å². The Bertz CT molecular complexity index is 601. The van der Waals surface area contributed by atoms with Gasteiger partial charge in [0.1, 0.15) is 6.10 Å². The number of halogens is 1. The summed E-state index contributed by atoms with van der Waals surface area (Å²) in [5.74, 6) is -0.858. The van der Waals surface area contributed by atoms with E-state index in [9.17, 15) is 4.39 Å². The molecule has 4 nitrogen and oxygen atoms in total. The number of benzene rings is 1. The van der Waals surface area contributed by atoms with E-state index in [0.717, 1.165) is 11.8 Å². The van der Waals surface area contributed by atoms with E-state index in [-0.39, 0.29) is 17.9 Å². The van der Waals surface area contributed by atoms with Crippen LogP contribution in [0, 0.1) is 19.7 Å². The molecule has 0 fully saturated rings. The summed E-state index contributed by atoms with van der Waals surface area (Å²) in [7, 11) is 0. The van der Waals surface area contributed by atoms with Crippen molar-refractivity contribution in [3.05, 3.63) is 46.9 Å². The number of hydrogen-bond acceptors (Lipinski definition) is 4. The highest BCUT2D eigenvalue weighted by atomic mass is 19.1. The molecule has 19 heavy (non-hydrogen) atoms. The lowest BCUT2D eigenvalue weighted by molar-refractivity contribution is 0.207. The van der Waals surface area contributed by atoms with Crippen LogP contribution in [0.5, 0.6) is 6.01 Å². The van der Waals surface area contributed by atoms with Crippen LogP contribution >= 0.6 is 0 Å². The number of nitrogen functional groups attached to an aromatic ring is 1. The first-order chi connectivity index (χ1) is 8.97. The maximum Gasteiger partial charge on any atom is 0.319 e. The normalized spacial score (nSPS) is 12.2. The molecule has 1 aromatic heterocycles. The molecule has 2 aromatic rings. The van der Waals surface area contributed by atoms with E-state index in [1.165, 1.54) is 11.1 Å². The van der Waals surface area contributed by atoms with Crippen LogP contribution in [0.15, 0.2) is 24.4 Å². The second kappa shape index (κ2) is 5.22. The zero-order valence-electron chi connectivity index (χ0n) is 11.1. The fourth-order valence-corrected chi connectivity index (χ4v) is 1.66. The van der Waals surface area contributed by atoms with Crippen molar-refractivity contribution in [3.63, 3.8) is 0 Å². The van der Waals surface area contributed by atoms with Gasteiger partial charge >= 0.3 is 6.01 Å². The Balaban J connectivity index is 2.17. The Hall–Kier alpha value is -2.17. The van der Waals surface area contributed by atoms with Gasteiger partial charge in [-0.15, -0.1) is 0 Å². The van der Waals surface area contributed by atoms with E-state index in [4.69, 9.17) is 10.5 Å². The summed E-state index contributed by atoms with van der Waals surface area (Å²) >= 11 is 0. The molecule has 1 atom stereocenters. The minimum Gasteiger partial charge on any atom is -0.456 e. The van der Waals surface area contributed by atoms with Gasteiger partial charge in [-0.25, -0.2) is 9.37 Å². The average molecular weight is 261 g/mol. The molecule has 1 aromatic carbocycles. The fraction of sp³-hybridized carbons (Fsp3) is 0.286. The molecule has 0 spiro atoms. The highest BCUT2D eigenvalue weighted by Gasteiger charge is 2.11. The Kier molecular flexibility index (Phi) is 3.64. The van der Waals surface area contributed by atoms with Crippen LogP contribution in [-0.2, 0) is 0 Å². The number of anilines is 1. The van der Waals surface area contributed by atoms with Gasteiger partial charge in [0, 0.05) is 0 Å². The Morgan fingerprint density at radius 2 is 2.00 bits per heavy atom. The zero-order valence-corrected chi connectivity index (χ0v) is 11.1. The van der Waals surface area contributed by atoms with Crippen molar-refractivity contribution >= 4 is 5.82 Å². The van der Waals surface area contributed by atoms with Gasteiger partial charge in [-0.1, -0.05) is 18.2 Å². The molecule has 5 heteroatoms. The van der Waals surface area contributed by atoms with E-state index < -0.39 is 5.82 Å². The van der Waals surface area contributed by atoms with E-state index in [2.05, 4.69) is 16.9 Å². The van der Waals surface area contributed by atoms with Crippen LogP contribution in [0.2, 0.25) is 0 Å². The summed E-state index contributed by atoms with van der Waals surface area (Å²) in [6, 6.07) is 6.14. The first-order valence-electron chi connectivity index (χ1n) is 5.99. The number of aromatic nitrogens is 2. The third kappa shape index (κ3) is 2.99. The van der Waals surface area contributed by atoms with E-state index in [0.29, 0.717) is 0 Å². The van der Waals surface area contributed by atoms with Crippen molar-refractivity contribution in [1.82, 2.24) is 9.97 Å². The molecule has 0 aliphatic heterocycles. The number of nitrogens with two attached hydrogens (primary N) is 1. The molecule has 0 amide bonds. The predicted molar refractivity (Wildman–Crippen MR) is 71.4 cm³/mol. The number of aryl methyl sites for hydroxylation is 2. The quantitative estimate of drug-likeness (QED) is 0.922. The van der Waals surface area contributed by atoms with Gasteiger partial charge in [0.15, 0.2) is 11.6 Å². The molecule has 2 N–H and O–H groups in total. The number of rotatable bonds is 3. The Morgan fingerprint density at radius 1 is 1.26 bits per heavy atom. The zero-order chi connectivity index (χ0) is 14.0. The molecule has 0 bridgehead atoms. The highest BCUT2D eigenvalue weighted by molar-refractivity contribution is 5.32. The van der Waals surface area contributed by atoms with Crippen molar-refractivity contribution in [2.75, 3.05) is 5.73 Å². The van der Waals surface area contributed by atoms with Crippen molar-refractivity contribution in [2.45, 2.75) is 26.9 Å². The molecule has 0 saturated heterocycles. The third-order valence-electron chi connectivity index (χ3n) is 3.03. The minimum atomic E-state index is -0.647. The Morgan fingerprint density at radius 3 is 2.63 bits per heavy atom. The minimum absolute atomic E-state index is 0.0737. The molecule has 100 valence electrons. The van der Waals surface area contributed by atoms with Gasteiger partial charge in [-0.2, -0.15) is 4.98 Å². The smallest absolute Gasteiger partial charge is 0.319 e. The summed E-state index contributed by atoms with van der Waals surface area (Å²) in [6.45, 7) is 5.97. The monoisotopic (exact) mass is 261 g/mol. The van der Waals surface area contributed by atoms with Crippen LogP contribution in [-0.4, -0.2) is 9.97 Å². The Labute approximate surface area is 111 Å². The van der Waals surface area contributed by atoms with Crippen LogP contribution in [0.4, 0.5) is 10.2 Å². The lowest BCUT2D eigenvalue weighted by Gasteiger charge is -2.14. The molecule has 0 aliphatic rings. The van der Waals surface area contributed by atoms with Gasteiger partial charge in [0.05, 0.1) is 6.20 Å². The molecular weight excluding hydrogens is 245 g/mol. The molecule has 2 rings (SSSR count). The lowest BCUT2D eigenvalue weighted by Crippen LogP contribution is -2.08. The van der Waals surface area contributed by atoms with Crippen molar-refractivity contribution in [3.8, 4) is 6.01 Å². The van der Waals surface area contributed by atoms with Gasteiger partial charge in [0.2, 0.25) is 0 Å². The van der Waals surface area contributed by atoms with Crippen molar-refractivity contribution in [1.29, 1.82) is 0 Å². The topological polar surface area (TPSA) is 61.0 Å². The third-order valence-corrected chi connectivity index (χ3v) is 3.03. The second-order valence-electron chi connectivity index (χ2n) is 4.49. The van der Waals surface area contributed by atoms with E-state index in [1.54, 1.807) is 0 Å². The standard InChI is InChI=1S/C14H16FN3O/c1-8-4-5-11(6-9(8)2)10(3)19-14-17-7-12(15)13(16)18-14/h4-7,10H,1-3H3,(H2,16,17,18). The van der Waals surface area contributed by atoms with Crippen molar-refractivity contribution in [2.24, 2.45) is 0 Å². The molecule has 0 radical (unpaired) electrons. The SMILES string of the molecule is Cc1ccc(C(C)Oc2ncc(F)c(N)n2)cc1C. The van der Waals surface area contributed by atoms with E-state index >= 15 is 0 Å². The summed E-state index contributed by atoms with van der Waals surface area (Å²) in [5.41, 5.74) is 8.79. The van der Waals surface area contributed by atoms with Crippen LogP contribution in [0.1, 0.15) is 29.7 Å².